The molecule has 1 heterocycles. The van der Waals surface area contributed by atoms with Crippen molar-refractivity contribution in [2.75, 3.05) is 0 Å². The van der Waals surface area contributed by atoms with Gasteiger partial charge >= 0.3 is 5.97 Å². The van der Waals surface area contributed by atoms with Crippen LogP contribution in [0.15, 0.2) is 24.3 Å². The number of carboxylic acids is 1. The summed E-state index contributed by atoms with van der Waals surface area (Å²) < 4.78 is 0. The van der Waals surface area contributed by atoms with Crippen molar-refractivity contribution in [3.8, 4) is 0 Å². The van der Waals surface area contributed by atoms with E-state index in [1.807, 2.05) is 12.1 Å². The van der Waals surface area contributed by atoms with Crippen molar-refractivity contribution < 1.29 is 29.1 Å². The van der Waals surface area contributed by atoms with Gasteiger partial charge in [-0.05, 0) is 24.0 Å². The zero-order chi connectivity index (χ0) is 23.1. The summed E-state index contributed by atoms with van der Waals surface area (Å²) in [6.07, 6.45) is -0.283. The van der Waals surface area contributed by atoms with Crippen molar-refractivity contribution in [2.45, 2.75) is 56.8 Å². The fourth-order valence-electron chi connectivity index (χ4n) is 3.43. The molecule has 0 spiro atoms. The second-order valence-corrected chi connectivity index (χ2v) is 7.47. The Morgan fingerprint density at radius 2 is 1.61 bits per heavy atom. The van der Waals surface area contributed by atoms with E-state index in [2.05, 4.69) is 5.32 Å². The average molecular weight is 433 g/mol. The van der Waals surface area contributed by atoms with E-state index in [1.54, 1.807) is 12.1 Å². The van der Waals surface area contributed by atoms with Crippen molar-refractivity contribution in [3.05, 3.63) is 35.4 Å². The van der Waals surface area contributed by atoms with E-state index < -0.39 is 47.7 Å². The molecule has 0 bridgehead atoms. The number of nitrogens with one attached hydrogen (secondary N) is 1. The van der Waals surface area contributed by atoms with Gasteiger partial charge in [0, 0.05) is 25.8 Å². The minimum Gasteiger partial charge on any atom is -0.480 e. The zero-order valence-electron chi connectivity index (χ0n) is 17.0. The number of carbonyl (C=O) groups is 5. The quantitative estimate of drug-likeness (QED) is 0.291. The highest BCUT2D eigenvalue weighted by Crippen LogP contribution is 2.24. The van der Waals surface area contributed by atoms with Crippen LogP contribution in [0.2, 0.25) is 0 Å². The first kappa shape index (κ1) is 23.8. The molecule has 31 heavy (non-hydrogen) atoms. The third kappa shape index (κ3) is 6.51. The number of primary amides is 2. The van der Waals surface area contributed by atoms with E-state index in [4.69, 9.17) is 17.2 Å². The van der Waals surface area contributed by atoms with Crippen molar-refractivity contribution in [1.82, 2.24) is 10.2 Å². The molecule has 1 aromatic carbocycles. The van der Waals surface area contributed by atoms with Gasteiger partial charge in [0.05, 0.1) is 6.04 Å². The number of nitrogens with two attached hydrogens (primary N) is 3. The van der Waals surface area contributed by atoms with Crippen LogP contribution in [0.25, 0.3) is 0 Å². The summed E-state index contributed by atoms with van der Waals surface area (Å²) >= 11 is 0. The largest absolute Gasteiger partial charge is 0.480 e. The van der Waals surface area contributed by atoms with Gasteiger partial charge in [-0.15, -0.1) is 0 Å². The molecule has 0 saturated carbocycles. The number of carboxylic acid groups (broad SMARTS) is 1. The molecule has 0 unspecified atom stereocenters. The fourth-order valence-corrected chi connectivity index (χ4v) is 3.43. The van der Waals surface area contributed by atoms with E-state index in [1.165, 1.54) is 4.90 Å². The highest BCUT2D eigenvalue weighted by atomic mass is 16.4. The molecule has 0 aliphatic carbocycles. The first-order valence-corrected chi connectivity index (χ1v) is 9.82. The molecule has 4 amide bonds. The van der Waals surface area contributed by atoms with Crippen LogP contribution in [-0.4, -0.2) is 57.7 Å². The molecule has 1 aliphatic heterocycles. The molecular weight excluding hydrogens is 406 g/mol. The van der Waals surface area contributed by atoms with Crippen LogP contribution < -0.4 is 22.5 Å². The van der Waals surface area contributed by atoms with Crippen LogP contribution in [0.4, 0.5) is 0 Å². The lowest BCUT2D eigenvalue weighted by atomic mass is 9.92. The minimum atomic E-state index is -1.34. The number of fused-ring (bicyclic) bond motifs is 1. The van der Waals surface area contributed by atoms with E-state index >= 15 is 0 Å². The molecule has 8 N–H and O–H groups in total. The van der Waals surface area contributed by atoms with Gasteiger partial charge in [0.15, 0.2) is 0 Å². The number of rotatable bonds is 10. The summed E-state index contributed by atoms with van der Waals surface area (Å²) in [6, 6.07) is 3.88. The van der Waals surface area contributed by atoms with Crippen molar-refractivity contribution in [2.24, 2.45) is 17.2 Å². The maximum absolute atomic E-state index is 13.0. The van der Waals surface area contributed by atoms with Gasteiger partial charge in [-0.3, -0.25) is 19.2 Å². The van der Waals surface area contributed by atoms with Crippen LogP contribution >= 0.6 is 0 Å². The van der Waals surface area contributed by atoms with E-state index in [0.29, 0.717) is 0 Å². The Labute approximate surface area is 178 Å². The molecule has 0 saturated heterocycles. The van der Waals surface area contributed by atoms with Gasteiger partial charge in [0.1, 0.15) is 12.1 Å². The number of carbonyl (C=O) groups excluding carboxylic acids is 4. The SMILES string of the molecule is NC(=O)CC[C@H](NC(=O)[C@@H]1Cc2ccccc2CN1C(=O)[C@@H](N)CCC(N)=O)C(=O)O. The minimum absolute atomic E-state index is 0.0248. The average Bonchev–Trinajstić information content (AvgIpc) is 2.72. The van der Waals surface area contributed by atoms with Gasteiger partial charge in [-0.2, -0.15) is 0 Å². The predicted molar refractivity (Wildman–Crippen MR) is 109 cm³/mol. The third-order valence-corrected chi connectivity index (χ3v) is 5.15. The molecule has 11 nitrogen and oxygen atoms in total. The van der Waals surface area contributed by atoms with Crippen molar-refractivity contribution in [1.29, 1.82) is 0 Å². The standard InChI is InChI=1S/C20H27N5O6/c21-13(5-7-16(22)26)19(29)25-10-12-4-2-1-3-11(12)9-15(25)18(28)24-14(20(30)31)6-8-17(23)27/h1-4,13-15H,5-10,21H2,(H2,22,26)(H2,23,27)(H,24,28)(H,30,31)/t13-,14-,15-/m0/s1. The van der Waals surface area contributed by atoms with Crippen LogP contribution in [0, 0.1) is 0 Å². The van der Waals surface area contributed by atoms with Gasteiger partial charge in [0.2, 0.25) is 23.6 Å². The van der Waals surface area contributed by atoms with Gasteiger partial charge in [0.25, 0.3) is 0 Å². The van der Waals surface area contributed by atoms with Crippen LogP contribution in [-0.2, 0) is 36.9 Å². The number of hydrogen-bond donors (Lipinski definition) is 5. The molecule has 1 aliphatic rings. The number of aliphatic carboxylic acids is 1. The molecule has 11 heteroatoms. The third-order valence-electron chi connectivity index (χ3n) is 5.15. The Kier molecular flexibility index (Phi) is 8.08. The van der Waals surface area contributed by atoms with Gasteiger partial charge in [-0.25, -0.2) is 4.79 Å². The fraction of sp³-hybridized carbons (Fsp3) is 0.450. The smallest absolute Gasteiger partial charge is 0.326 e. The van der Waals surface area contributed by atoms with Crippen LogP contribution in [0.1, 0.15) is 36.8 Å². The van der Waals surface area contributed by atoms with Crippen LogP contribution in [0.5, 0.6) is 0 Å². The topological polar surface area (TPSA) is 199 Å². The molecule has 2 rings (SSSR count). The summed E-state index contributed by atoms with van der Waals surface area (Å²) in [5, 5.41) is 11.8. The lowest BCUT2D eigenvalue weighted by Gasteiger charge is -2.37. The Morgan fingerprint density at radius 1 is 1.03 bits per heavy atom. The molecule has 3 atom stereocenters. The first-order chi connectivity index (χ1) is 14.6. The summed E-state index contributed by atoms with van der Waals surface area (Å²) in [5.74, 6) is -3.83. The second kappa shape index (κ2) is 10.5. The number of hydrogen-bond acceptors (Lipinski definition) is 6. The Hall–Kier alpha value is -3.47. The first-order valence-electron chi connectivity index (χ1n) is 9.82. The second-order valence-electron chi connectivity index (χ2n) is 7.47. The number of amides is 4. The normalized spacial score (nSPS) is 17.2. The number of benzene rings is 1. The summed E-state index contributed by atoms with van der Waals surface area (Å²) in [5.41, 5.74) is 17.8. The molecule has 1 aromatic rings. The molecule has 0 radical (unpaired) electrons. The van der Waals surface area contributed by atoms with Crippen LogP contribution in [0.3, 0.4) is 0 Å². The Morgan fingerprint density at radius 3 is 2.19 bits per heavy atom. The summed E-state index contributed by atoms with van der Waals surface area (Å²) in [6.45, 7) is 0.108. The molecule has 168 valence electrons. The van der Waals surface area contributed by atoms with Gasteiger partial charge < -0.3 is 32.5 Å². The van der Waals surface area contributed by atoms with Crippen molar-refractivity contribution in [3.63, 3.8) is 0 Å². The lowest BCUT2D eigenvalue weighted by molar-refractivity contribution is -0.146. The zero-order valence-corrected chi connectivity index (χ0v) is 17.0. The Bertz CT molecular complexity index is 873. The number of nitrogens with zero attached hydrogens (tertiary/aromatic N) is 1. The summed E-state index contributed by atoms with van der Waals surface area (Å²) in [4.78, 5) is 60.7. The molecule has 0 aromatic heterocycles. The van der Waals surface area contributed by atoms with Gasteiger partial charge in [-0.1, -0.05) is 24.3 Å². The maximum Gasteiger partial charge on any atom is 0.326 e. The van der Waals surface area contributed by atoms with E-state index in [9.17, 15) is 29.1 Å². The lowest BCUT2D eigenvalue weighted by Crippen LogP contribution is -2.58. The molecule has 0 fully saturated rings. The van der Waals surface area contributed by atoms with E-state index in [0.717, 1.165) is 11.1 Å². The van der Waals surface area contributed by atoms with Crippen molar-refractivity contribution >= 4 is 29.6 Å². The highest BCUT2D eigenvalue weighted by molar-refractivity contribution is 5.92. The monoisotopic (exact) mass is 433 g/mol. The molecular formula is C20H27N5O6. The predicted octanol–water partition coefficient (Wildman–Crippen LogP) is -1.63. The summed E-state index contributed by atoms with van der Waals surface area (Å²) in [7, 11) is 0. The maximum atomic E-state index is 13.0. The highest BCUT2D eigenvalue weighted by Gasteiger charge is 2.37. The van der Waals surface area contributed by atoms with E-state index in [-0.39, 0.29) is 38.6 Å². The Balaban J connectivity index is 2.23.